The molecule has 0 amide bonds. The van der Waals surface area contributed by atoms with Gasteiger partial charge in [-0.3, -0.25) is 0 Å². The van der Waals surface area contributed by atoms with Gasteiger partial charge in [-0.25, -0.2) is 0 Å². The van der Waals surface area contributed by atoms with Crippen molar-refractivity contribution in [3.63, 3.8) is 0 Å². The van der Waals surface area contributed by atoms with Crippen LogP contribution in [-0.4, -0.2) is 11.7 Å². The molecule has 0 unspecified atom stereocenters. The molecule has 102 valence electrons. The second-order valence-electron chi connectivity index (χ2n) is 4.93. The summed E-state index contributed by atoms with van der Waals surface area (Å²) in [6.07, 6.45) is 3.12. The summed E-state index contributed by atoms with van der Waals surface area (Å²) in [5.74, 6) is 0.897. The maximum atomic E-state index is 5.70. The Kier molecular flexibility index (Phi) is 3.33. The van der Waals surface area contributed by atoms with Crippen LogP contribution in [0.25, 0.3) is 10.9 Å². The zero-order chi connectivity index (χ0) is 13.9. The third-order valence-corrected chi connectivity index (χ3v) is 3.60. The molecule has 3 aromatic rings. The van der Waals surface area contributed by atoms with Crippen LogP contribution in [0.15, 0.2) is 54.7 Å². The molecule has 1 aromatic heterocycles. The Morgan fingerprint density at radius 1 is 1.05 bits per heavy atom. The van der Waals surface area contributed by atoms with Gasteiger partial charge in [-0.2, -0.15) is 0 Å². The number of ether oxygens (including phenoxy) is 1. The van der Waals surface area contributed by atoms with Gasteiger partial charge in [-0.1, -0.05) is 12.1 Å². The first-order chi connectivity index (χ1) is 9.76. The highest BCUT2D eigenvalue weighted by Gasteiger charge is 2.03. The number of fused-ring (bicyclic) bond motifs is 1. The Hall–Kier alpha value is -2.42. The van der Waals surface area contributed by atoms with Crippen LogP contribution in [0.1, 0.15) is 5.56 Å². The summed E-state index contributed by atoms with van der Waals surface area (Å²) in [6, 6.07) is 16.4. The summed E-state index contributed by atoms with van der Waals surface area (Å²) in [5.41, 5.74) is 9.05. The Morgan fingerprint density at radius 2 is 1.85 bits per heavy atom. The van der Waals surface area contributed by atoms with Crippen LogP contribution < -0.4 is 10.5 Å². The highest BCUT2D eigenvalue weighted by atomic mass is 16.5. The zero-order valence-electron chi connectivity index (χ0n) is 11.5. The Balaban J connectivity index is 1.79. The lowest BCUT2D eigenvalue weighted by Crippen LogP contribution is -2.00. The molecule has 3 heteroatoms. The van der Waals surface area contributed by atoms with E-state index in [2.05, 4.69) is 41.1 Å². The second kappa shape index (κ2) is 5.29. The maximum absolute atomic E-state index is 5.70. The average molecular weight is 266 g/mol. The minimum Gasteiger partial charge on any atom is -0.497 e. The summed E-state index contributed by atoms with van der Waals surface area (Å²) >= 11 is 0. The summed E-state index contributed by atoms with van der Waals surface area (Å²) in [7, 11) is 1.69. The van der Waals surface area contributed by atoms with E-state index in [1.807, 2.05) is 18.2 Å². The lowest BCUT2D eigenvalue weighted by Gasteiger charge is -2.07. The highest BCUT2D eigenvalue weighted by molar-refractivity contribution is 5.81. The third kappa shape index (κ3) is 2.48. The maximum Gasteiger partial charge on any atom is 0.119 e. The summed E-state index contributed by atoms with van der Waals surface area (Å²) in [5, 5.41) is 1.21. The number of nitrogen functional groups attached to an aromatic ring is 1. The molecule has 20 heavy (non-hydrogen) atoms. The average Bonchev–Trinajstić information content (AvgIpc) is 2.89. The molecule has 0 radical (unpaired) electrons. The van der Waals surface area contributed by atoms with Crippen molar-refractivity contribution in [3.05, 3.63) is 60.3 Å². The number of nitrogens with zero attached hydrogens (tertiary/aromatic N) is 1. The number of aryl methyl sites for hydroxylation is 2. The van der Waals surface area contributed by atoms with Crippen LogP contribution in [0.4, 0.5) is 5.69 Å². The minimum atomic E-state index is 0.812. The molecule has 2 aromatic carbocycles. The predicted molar refractivity (Wildman–Crippen MR) is 83.0 cm³/mol. The number of benzene rings is 2. The first-order valence-corrected chi connectivity index (χ1v) is 6.73. The van der Waals surface area contributed by atoms with Crippen molar-refractivity contribution in [1.29, 1.82) is 0 Å². The van der Waals surface area contributed by atoms with Crippen molar-refractivity contribution >= 4 is 16.6 Å². The fourth-order valence-electron chi connectivity index (χ4n) is 2.43. The van der Waals surface area contributed by atoms with Crippen molar-refractivity contribution in [3.8, 4) is 5.75 Å². The Labute approximate surface area is 118 Å². The smallest absolute Gasteiger partial charge is 0.119 e. The van der Waals surface area contributed by atoms with Crippen LogP contribution in [0.5, 0.6) is 5.75 Å². The number of rotatable bonds is 4. The van der Waals surface area contributed by atoms with Crippen molar-refractivity contribution in [1.82, 2.24) is 4.57 Å². The second-order valence-corrected chi connectivity index (χ2v) is 4.93. The van der Waals surface area contributed by atoms with Crippen molar-refractivity contribution in [2.75, 3.05) is 12.8 Å². The van der Waals surface area contributed by atoms with Gasteiger partial charge in [0.2, 0.25) is 0 Å². The first-order valence-electron chi connectivity index (χ1n) is 6.73. The SMILES string of the molecule is COc1ccc2c(ccn2CCc2ccc(N)cc2)c1. The van der Waals surface area contributed by atoms with Gasteiger partial charge in [0, 0.05) is 29.3 Å². The van der Waals surface area contributed by atoms with E-state index < -0.39 is 0 Å². The number of hydrogen-bond acceptors (Lipinski definition) is 2. The molecule has 0 bridgehead atoms. The molecule has 0 aliphatic heterocycles. The largest absolute Gasteiger partial charge is 0.497 e. The van der Waals surface area contributed by atoms with E-state index in [0.717, 1.165) is 24.4 Å². The molecule has 0 aliphatic carbocycles. The first kappa shape index (κ1) is 12.6. The van der Waals surface area contributed by atoms with Gasteiger partial charge in [-0.15, -0.1) is 0 Å². The fraction of sp³-hybridized carbons (Fsp3) is 0.176. The quantitative estimate of drug-likeness (QED) is 0.734. The number of methoxy groups -OCH3 is 1. The minimum absolute atomic E-state index is 0.812. The molecule has 0 saturated carbocycles. The van der Waals surface area contributed by atoms with Crippen molar-refractivity contribution in [2.45, 2.75) is 13.0 Å². The number of nitrogens with two attached hydrogens (primary N) is 1. The van der Waals surface area contributed by atoms with E-state index in [4.69, 9.17) is 10.5 Å². The Bertz CT molecular complexity index is 713. The van der Waals surface area contributed by atoms with Gasteiger partial charge in [0.15, 0.2) is 0 Å². The highest BCUT2D eigenvalue weighted by Crippen LogP contribution is 2.22. The van der Waals surface area contributed by atoms with Crippen LogP contribution in [0, 0.1) is 0 Å². The molecular formula is C17H18N2O. The predicted octanol–water partition coefficient (Wildman–Crippen LogP) is 3.47. The van der Waals surface area contributed by atoms with Crippen LogP contribution in [-0.2, 0) is 13.0 Å². The molecule has 3 rings (SSSR count). The van der Waals surface area contributed by atoms with Gasteiger partial charge >= 0.3 is 0 Å². The summed E-state index contributed by atoms with van der Waals surface area (Å²) in [4.78, 5) is 0. The number of aromatic nitrogens is 1. The molecule has 0 fully saturated rings. The molecule has 0 saturated heterocycles. The van der Waals surface area contributed by atoms with Gasteiger partial charge in [-0.05, 0) is 48.4 Å². The van der Waals surface area contributed by atoms with Gasteiger partial charge in [0.1, 0.15) is 5.75 Å². The zero-order valence-corrected chi connectivity index (χ0v) is 11.5. The number of hydrogen-bond donors (Lipinski definition) is 1. The van der Waals surface area contributed by atoms with Crippen LogP contribution in [0.3, 0.4) is 0 Å². The lowest BCUT2D eigenvalue weighted by molar-refractivity contribution is 0.415. The van der Waals surface area contributed by atoms with Crippen molar-refractivity contribution in [2.24, 2.45) is 0 Å². The fourth-order valence-corrected chi connectivity index (χ4v) is 2.43. The van der Waals surface area contributed by atoms with E-state index in [-0.39, 0.29) is 0 Å². The lowest BCUT2D eigenvalue weighted by atomic mass is 10.1. The van der Waals surface area contributed by atoms with E-state index in [9.17, 15) is 0 Å². The van der Waals surface area contributed by atoms with Crippen LogP contribution >= 0.6 is 0 Å². The Morgan fingerprint density at radius 3 is 2.60 bits per heavy atom. The molecule has 0 aliphatic rings. The van der Waals surface area contributed by atoms with Crippen molar-refractivity contribution < 1.29 is 4.74 Å². The normalized spacial score (nSPS) is 10.8. The van der Waals surface area contributed by atoms with Gasteiger partial charge < -0.3 is 15.0 Å². The molecule has 3 nitrogen and oxygen atoms in total. The van der Waals surface area contributed by atoms with E-state index >= 15 is 0 Å². The van der Waals surface area contributed by atoms with E-state index in [0.29, 0.717) is 0 Å². The van der Waals surface area contributed by atoms with Gasteiger partial charge in [0.05, 0.1) is 7.11 Å². The molecule has 0 spiro atoms. The topological polar surface area (TPSA) is 40.2 Å². The third-order valence-electron chi connectivity index (χ3n) is 3.60. The number of anilines is 1. The molecule has 1 heterocycles. The standard InChI is InChI=1S/C17H18N2O/c1-20-16-6-7-17-14(12-16)9-11-19(17)10-8-13-2-4-15(18)5-3-13/h2-7,9,11-12H,8,10,18H2,1H3. The van der Waals surface area contributed by atoms with Crippen LogP contribution in [0.2, 0.25) is 0 Å². The monoisotopic (exact) mass is 266 g/mol. The summed E-state index contributed by atoms with van der Waals surface area (Å²) < 4.78 is 7.52. The van der Waals surface area contributed by atoms with Gasteiger partial charge in [0.25, 0.3) is 0 Å². The molecule has 2 N–H and O–H groups in total. The summed E-state index contributed by atoms with van der Waals surface area (Å²) in [6.45, 7) is 0.958. The molecular weight excluding hydrogens is 248 g/mol. The van der Waals surface area contributed by atoms with E-state index in [1.54, 1.807) is 7.11 Å². The van der Waals surface area contributed by atoms with E-state index in [1.165, 1.54) is 16.5 Å². The molecule has 0 atom stereocenters.